The van der Waals surface area contributed by atoms with E-state index >= 15 is 0 Å². The van der Waals surface area contributed by atoms with Crippen molar-refractivity contribution in [2.75, 3.05) is 18.4 Å². The first-order valence-corrected chi connectivity index (χ1v) is 7.26. The van der Waals surface area contributed by atoms with Crippen LogP contribution in [0.1, 0.15) is 18.7 Å². The number of hydrogen-bond acceptors (Lipinski definition) is 4. The molecule has 2 N–H and O–H groups in total. The summed E-state index contributed by atoms with van der Waals surface area (Å²) < 4.78 is 5.21. The zero-order valence-electron chi connectivity index (χ0n) is 12.1. The van der Waals surface area contributed by atoms with E-state index in [0.717, 1.165) is 42.9 Å². The van der Waals surface area contributed by atoms with E-state index in [-0.39, 0.29) is 11.8 Å². The Morgan fingerprint density at radius 3 is 2.81 bits per heavy atom. The lowest BCUT2D eigenvalue weighted by atomic mass is 9.99. The molecule has 1 aromatic carbocycles. The van der Waals surface area contributed by atoms with Crippen LogP contribution in [0.15, 0.2) is 34.9 Å². The molecule has 1 fully saturated rings. The van der Waals surface area contributed by atoms with Gasteiger partial charge in [0.05, 0.1) is 5.92 Å². The van der Waals surface area contributed by atoms with E-state index in [9.17, 15) is 4.79 Å². The molecule has 1 amide bonds. The lowest BCUT2D eigenvalue weighted by molar-refractivity contribution is -0.120. The van der Waals surface area contributed by atoms with Gasteiger partial charge in [-0.05, 0) is 31.5 Å². The van der Waals surface area contributed by atoms with Gasteiger partial charge in [0.2, 0.25) is 5.91 Å². The minimum atomic E-state index is 0.0663. The third kappa shape index (κ3) is 3.31. The van der Waals surface area contributed by atoms with Crippen LogP contribution in [0.25, 0.3) is 11.3 Å². The van der Waals surface area contributed by atoms with Crippen LogP contribution in [0.4, 0.5) is 5.69 Å². The Hall–Kier alpha value is -2.14. The van der Waals surface area contributed by atoms with Crippen LogP contribution in [0, 0.1) is 12.8 Å². The van der Waals surface area contributed by atoms with Gasteiger partial charge in [0.25, 0.3) is 0 Å². The minimum absolute atomic E-state index is 0.0663. The molecular weight excluding hydrogens is 266 g/mol. The number of amides is 1. The lowest BCUT2D eigenvalue weighted by Gasteiger charge is -2.21. The molecule has 1 saturated heterocycles. The topological polar surface area (TPSA) is 67.2 Å². The number of benzene rings is 1. The van der Waals surface area contributed by atoms with Crippen LogP contribution in [0.2, 0.25) is 0 Å². The fourth-order valence-electron chi connectivity index (χ4n) is 2.54. The quantitative estimate of drug-likeness (QED) is 0.909. The Bertz CT molecular complexity index is 613. The van der Waals surface area contributed by atoms with Crippen molar-refractivity contribution in [2.24, 2.45) is 5.92 Å². The van der Waals surface area contributed by atoms with Crippen molar-refractivity contribution < 1.29 is 9.21 Å². The highest BCUT2D eigenvalue weighted by atomic mass is 16.3. The molecule has 110 valence electrons. The predicted molar refractivity (Wildman–Crippen MR) is 80.9 cm³/mol. The maximum Gasteiger partial charge on any atom is 0.228 e. The Balaban J connectivity index is 1.65. The number of nitrogens with zero attached hydrogens (tertiary/aromatic N) is 1. The second-order valence-corrected chi connectivity index (χ2v) is 5.36. The van der Waals surface area contributed by atoms with E-state index in [1.807, 2.05) is 31.2 Å². The maximum absolute atomic E-state index is 12.1. The Morgan fingerprint density at radius 2 is 2.19 bits per heavy atom. The number of carbonyl (C=O) groups is 1. The van der Waals surface area contributed by atoms with Crippen molar-refractivity contribution in [3.8, 4) is 11.3 Å². The third-order valence-corrected chi connectivity index (χ3v) is 3.73. The molecule has 0 radical (unpaired) electrons. The molecule has 2 aromatic rings. The molecule has 5 nitrogen and oxygen atoms in total. The van der Waals surface area contributed by atoms with Crippen LogP contribution in [0.5, 0.6) is 0 Å². The fraction of sp³-hybridized carbons (Fsp3) is 0.375. The minimum Gasteiger partial charge on any atom is -0.449 e. The van der Waals surface area contributed by atoms with Gasteiger partial charge >= 0.3 is 0 Å². The predicted octanol–water partition coefficient (Wildman–Crippen LogP) is 2.59. The van der Waals surface area contributed by atoms with E-state index in [4.69, 9.17) is 4.42 Å². The van der Waals surface area contributed by atoms with Crippen molar-refractivity contribution in [3.05, 3.63) is 36.4 Å². The summed E-state index contributed by atoms with van der Waals surface area (Å²) in [5.74, 6) is 0.802. The average Bonchev–Trinajstić information content (AvgIpc) is 2.95. The average molecular weight is 285 g/mol. The van der Waals surface area contributed by atoms with Crippen LogP contribution in [0.3, 0.4) is 0 Å². The largest absolute Gasteiger partial charge is 0.449 e. The van der Waals surface area contributed by atoms with Gasteiger partial charge in [0.15, 0.2) is 5.89 Å². The number of hydrogen-bond donors (Lipinski definition) is 2. The number of anilines is 1. The number of piperidine rings is 1. The van der Waals surface area contributed by atoms with E-state index in [0.29, 0.717) is 5.89 Å². The number of nitrogens with one attached hydrogen (secondary N) is 2. The van der Waals surface area contributed by atoms with Gasteiger partial charge in [0.1, 0.15) is 12.0 Å². The first kappa shape index (κ1) is 13.8. The van der Waals surface area contributed by atoms with Gasteiger partial charge in [-0.15, -0.1) is 0 Å². The zero-order chi connectivity index (χ0) is 14.7. The van der Waals surface area contributed by atoms with Crippen molar-refractivity contribution in [3.63, 3.8) is 0 Å². The van der Waals surface area contributed by atoms with Gasteiger partial charge in [0, 0.05) is 24.7 Å². The number of aromatic nitrogens is 1. The number of rotatable bonds is 3. The molecule has 1 aliphatic rings. The van der Waals surface area contributed by atoms with Gasteiger partial charge < -0.3 is 15.1 Å². The Kier molecular flexibility index (Phi) is 4.01. The van der Waals surface area contributed by atoms with Gasteiger partial charge in [-0.25, -0.2) is 4.98 Å². The van der Waals surface area contributed by atoms with Gasteiger partial charge in [-0.2, -0.15) is 0 Å². The molecule has 21 heavy (non-hydrogen) atoms. The van der Waals surface area contributed by atoms with Crippen LogP contribution in [-0.4, -0.2) is 24.0 Å². The van der Waals surface area contributed by atoms with Crippen molar-refractivity contribution in [2.45, 2.75) is 19.8 Å². The smallest absolute Gasteiger partial charge is 0.228 e. The molecule has 0 spiro atoms. The van der Waals surface area contributed by atoms with E-state index in [1.54, 1.807) is 6.26 Å². The van der Waals surface area contributed by atoms with E-state index in [1.165, 1.54) is 0 Å². The zero-order valence-corrected chi connectivity index (χ0v) is 12.1. The Labute approximate surface area is 123 Å². The highest BCUT2D eigenvalue weighted by molar-refractivity contribution is 5.93. The molecule has 5 heteroatoms. The molecule has 3 rings (SSSR count). The SMILES string of the molecule is Cc1nc(-c2ccc(NC(=O)[C@H]3CCCNC3)cc2)co1. The van der Waals surface area contributed by atoms with Crippen LogP contribution < -0.4 is 10.6 Å². The first-order chi connectivity index (χ1) is 10.2. The van der Waals surface area contributed by atoms with Crippen molar-refractivity contribution in [1.82, 2.24) is 10.3 Å². The molecule has 1 aliphatic heterocycles. The van der Waals surface area contributed by atoms with Gasteiger partial charge in [-0.3, -0.25) is 4.79 Å². The third-order valence-electron chi connectivity index (χ3n) is 3.73. The van der Waals surface area contributed by atoms with E-state index in [2.05, 4.69) is 15.6 Å². The standard InChI is InChI=1S/C16H19N3O2/c1-11-18-15(10-21-11)12-4-6-14(7-5-12)19-16(20)13-3-2-8-17-9-13/h4-7,10,13,17H,2-3,8-9H2,1H3,(H,19,20)/t13-/m0/s1. The Morgan fingerprint density at radius 1 is 1.38 bits per heavy atom. The summed E-state index contributed by atoms with van der Waals surface area (Å²) in [4.78, 5) is 16.4. The van der Waals surface area contributed by atoms with Gasteiger partial charge in [-0.1, -0.05) is 12.1 Å². The maximum atomic E-state index is 12.1. The molecule has 2 heterocycles. The summed E-state index contributed by atoms with van der Waals surface area (Å²) in [7, 11) is 0. The highest BCUT2D eigenvalue weighted by Crippen LogP contribution is 2.21. The monoisotopic (exact) mass is 285 g/mol. The normalized spacial score (nSPS) is 18.4. The lowest BCUT2D eigenvalue weighted by Crippen LogP contribution is -2.37. The second-order valence-electron chi connectivity index (χ2n) is 5.36. The summed E-state index contributed by atoms with van der Waals surface area (Å²) in [6.07, 6.45) is 3.65. The van der Waals surface area contributed by atoms with Crippen molar-refractivity contribution >= 4 is 11.6 Å². The molecule has 0 aliphatic carbocycles. The summed E-state index contributed by atoms with van der Waals surface area (Å²) in [5.41, 5.74) is 2.60. The summed E-state index contributed by atoms with van der Waals surface area (Å²) in [5, 5.41) is 6.23. The van der Waals surface area contributed by atoms with E-state index < -0.39 is 0 Å². The molecule has 0 unspecified atom stereocenters. The van der Waals surface area contributed by atoms with Crippen LogP contribution in [-0.2, 0) is 4.79 Å². The summed E-state index contributed by atoms with van der Waals surface area (Å²) >= 11 is 0. The summed E-state index contributed by atoms with van der Waals surface area (Å²) in [6.45, 7) is 3.59. The fourth-order valence-corrected chi connectivity index (χ4v) is 2.54. The molecule has 1 atom stereocenters. The van der Waals surface area contributed by atoms with Crippen LogP contribution >= 0.6 is 0 Å². The second kappa shape index (κ2) is 6.10. The molecule has 1 aromatic heterocycles. The highest BCUT2D eigenvalue weighted by Gasteiger charge is 2.20. The first-order valence-electron chi connectivity index (χ1n) is 7.26. The number of aryl methyl sites for hydroxylation is 1. The number of oxazole rings is 1. The number of carbonyl (C=O) groups excluding carboxylic acids is 1. The molecular formula is C16H19N3O2. The molecule has 0 saturated carbocycles. The molecule has 0 bridgehead atoms. The van der Waals surface area contributed by atoms with Crippen molar-refractivity contribution in [1.29, 1.82) is 0 Å². The summed E-state index contributed by atoms with van der Waals surface area (Å²) in [6, 6.07) is 7.67.